The monoisotopic (exact) mass is 610 g/mol. The molecule has 1 fully saturated rings. The first kappa shape index (κ1) is 33.5. The van der Waals surface area contributed by atoms with Crippen LogP contribution in [0, 0.1) is 11.8 Å². The standard InChI is InChI=1S/C28H37F3N6O6/c1-14(2)19(33-22(39)17-9-8-12-37(17)24(40)20(15(3)4)34-26(41)42-7)21(38)23-35-36-25(43-23)27(5,6)18-11-10-16(13-32-18)28(29,30)31/h10-11,13-15,17,19-20H,8-9,12H2,1-7H3,(H,33,39)(H,34,41)/t17-,19-,20-/m0/s1. The molecule has 43 heavy (non-hydrogen) atoms. The maximum atomic E-state index is 13.4. The highest BCUT2D eigenvalue weighted by Crippen LogP contribution is 2.33. The van der Waals surface area contributed by atoms with Crippen LogP contribution in [-0.4, -0.2) is 75.6 Å². The molecule has 0 aliphatic carbocycles. The number of nitrogens with one attached hydrogen (secondary N) is 2. The Morgan fingerprint density at radius 2 is 1.67 bits per heavy atom. The molecule has 0 bridgehead atoms. The third kappa shape index (κ3) is 7.49. The molecular weight excluding hydrogens is 573 g/mol. The smallest absolute Gasteiger partial charge is 0.417 e. The fourth-order valence-electron chi connectivity index (χ4n) is 4.71. The number of methoxy groups -OCH3 is 1. The Hall–Kier alpha value is -4.04. The van der Waals surface area contributed by atoms with Crippen molar-refractivity contribution in [3.05, 3.63) is 41.4 Å². The van der Waals surface area contributed by atoms with E-state index in [0.717, 1.165) is 6.07 Å². The molecule has 1 saturated heterocycles. The quantitative estimate of drug-likeness (QED) is 0.384. The maximum absolute atomic E-state index is 13.4. The molecule has 15 heteroatoms. The van der Waals surface area contributed by atoms with Crippen LogP contribution in [0.2, 0.25) is 0 Å². The van der Waals surface area contributed by atoms with Crippen molar-refractivity contribution in [2.75, 3.05) is 13.7 Å². The molecule has 1 aliphatic heterocycles. The number of hydrogen-bond donors (Lipinski definition) is 2. The summed E-state index contributed by atoms with van der Waals surface area (Å²) in [6, 6.07) is -0.777. The van der Waals surface area contributed by atoms with Crippen LogP contribution in [0.5, 0.6) is 0 Å². The molecule has 236 valence electrons. The number of nitrogens with zero attached hydrogens (tertiary/aromatic N) is 4. The van der Waals surface area contributed by atoms with Gasteiger partial charge in [-0.1, -0.05) is 27.7 Å². The lowest BCUT2D eigenvalue weighted by Crippen LogP contribution is -2.57. The molecule has 3 rings (SSSR count). The zero-order valence-electron chi connectivity index (χ0n) is 25.1. The number of alkyl halides is 3. The molecule has 3 heterocycles. The number of hydrogen-bond acceptors (Lipinski definition) is 9. The number of pyridine rings is 1. The Balaban J connectivity index is 1.77. The Morgan fingerprint density at radius 1 is 1.02 bits per heavy atom. The van der Waals surface area contributed by atoms with E-state index in [4.69, 9.17) is 4.42 Å². The van der Waals surface area contributed by atoms with Crippen LogP contribution in [-0.2, 0) is 25.9 Å². The predicted octanol–water partition coefficient (Wildman–Crippen LogP) is 3.50. The van der Waals surface area contributed by atoms with Crippen molar-refractivity contribution in [3.8, 4) is 0 Å². The van der Waals surface area contributed by atoms with Crippen LogP contribution in [0.15, 0.2) is 22.7 Å². The van der Waals surface area contributed by atoms with E-state index in [1.54, 1.807) is 41.5 Å². The molecule has 0 radical (unpaired) electrons. The summed E-state index contributed by atoms with van der Waals surface area (Å²) in [7, 11) is 1.19. The number of carbonyl (C=O) groups excluding carboxylic acids is 4. The minimum Gasteiger partial charge on any atom is -0.453 e. The third-order valence-corrected chi connectivity index (χ3v) is 7.38. The second-order valence-corrected chi connectivity index (χ2v) is 11.6. The molecule has 12 nitrogen and oxygen atoms in total. The fourth-order valence-corrected chi connectivity index (χ4v) is 4.71. The normalized spacial score (nSPS) is 17.1. The number of halogens is 3. The average Bonchev–Trinajstić information content (AvgIpc) is 3.64. The Bertz CT molecular complexity index is 1320. The summed E-state index contributed by atoms with van der Waals surface area (Å²) in [6.45, 7) is 10.4. The number of amides is 3. The first-order valence-electron chi connectivity index (χ1n) is 13.9. The van der Waals surface area contributed by atoms with E-state index >= 15 is 0 Å². The van der Waals surface area contributed by atoms with Crippen LogP contribution in [0.4, 0.5) is 18.0 Å². The second kappa shape index (κ2) is 13.1. The molecule has 3 amide bonds. The van der Waals surface area contributed by atoms with Crippen LogP contribution >= 0.6 is 0 Å². The van der Waals surface area contributed by atoms with Gasteiger partial charge < -0.3 is 24.7 Å². The topological polar surface area (TPSA) is 157 Å². The van der Waals surface area contributed by atoms with E-state index in [1.165, 1.54) is 18.1 Å². The zero-order chi connectivity index (χ0) is 32.3. The van der Waals surface area contributed by atoms with E-state index in [9.17, 15) is 32.3 Å². The summed E-state index contributed by atoms with van der Waals surface area (Å²) in [6.07, 6.45) is -3.70. The van der Waals surface area contributed by atoms with Gasteiger partial charge in [-0.3, -0.25) is 19.4 Å². The number of aromatic nitrogens is 3. The van der Waals surface area contributed by atoms with Crippen molar-refractivity contribution < 1.29 is 41.5 Å². The number of likely N-dealkylation sites (tertiary alicyclic amines) is 1. The van der Waals surface area contributed by atoms with Gasteiger partial charge in [0.25, 0.3) is 5.89 Å². The van der Waals surface area contributed by atoms with Crippen molar-refractivity contribution in [2.24, 2.45) is 11.8 Å². The van der Waals surface area contributed by atoms with Gasteiger partial charge in [-0.05, 0) is 50.7 Å². The van der Waals surface area contributed by atoms with E-state index in [-0.39, 0.29) is 17.5 Å². The lowest BCUT2D eigenvalue weighted by molar-refractivity contribution is -0.141. The molecular formula is C28H37F3N6O6. The van der Waals surface area contributed by atoms with E-state index in [2.05, 4.69) is 30.6 Å². The van der Waals surface area contributed by atoms with Crippen molar-refractivity contribution in [1.82, 2.24) is 30.7 Å². The van der Waals surface area contributed by atoms with Gasteiger partial charge in [0.05, 0.1) is 29.8 Å². The first-order valence-corrected chi connectivity index (χ1v) is 13.9. The summed E-state index contributed by atoms with van der Waals surface area (Å²) in [5, 5.41) is 13.0. The van der Waals surface area contributed by atoms with Gasteiger partial charge >= 0.3 is 12.3 Å². The number of alkyl carbamates (subject to hydrolysis) is 1. The number of carbonyl (C=O) groups is 4. The lowest BCUT2D eigenvalue weighted by Gasteiger charge is -2.31. The van der Waals surface area contributed by atoms with E-state index in [0.29, 0.717) is 25.6 Å². The van der Waals surface area contributed by atoms with Gasteiger partial charge in [-0.15, -0.1) is 10.2 Å². The van der Waals surface area contributed by atoms with Crippen molar-refractivity contribution >= 4 is 23.7 Å². The average molecular weight is 611 g/mol. The molecule has 2 aromatic heterocycles. The summed E-state index contributed by atoms with van der Waals surface area (Å²) in [4.78, 5) is 57.3. The third-order valence-electron chi connectivity index (χ3n) is 7.38. The first-order chi connectivity index (χ1) is 20.0. The van der Waals surface area contributed by atoms with Gasteiger partial charge in [0, 0.05) is 12.7 Å². The van der Waals surface area contributed by atoms with Crippen LogP contribution < -0.4 is 10.6 Å². The summed E-state index contributed by atoms with van der Waals surface area (Å²) >= 11 is 0. The SMILES string of the molecule is COC(=O)N[C@H](C(=O)N1CCC[C@H]1C(=O)N[C@H](C(=O)c1nnc(C(C)(C)c2ccc(C(F)(F)F)cn2)o1)C(C)C)C(C)C. The van der Waals surface area contributed by atoms with E-state index < -0.39 is 70.8 Å². The summed E-state index contributed by atoms with van der Waals surface area (Å²) < 4.78 is 49.2. The molecule has 0 saturated carbocycles. The highest BCUT2D eigenvalue weighted by molar-refractivity contribution is 6.00. The zero-order valence-corrected chi connectivity index (χ0v) is 25.1. The maximum Gasteiger partial charge on any atom is 0.417 e. The van der Waals surface area contributed by atoms with Gasteiger partial charge in [0.15, 0.2) is 0 Å². The molecule has 0 aromatic carbocycles. The fraction of sp³-hybridized carbons (Fsp3) is 0.607. The van der Waals surface area contributed by atoms with Crippen LogP contribution in [0.1, 0.15) is 82.2 Å². The van der Waals surface area contributed by atoms with Crippen molar-refractivity contribution in [2.45, 2.75) is 84.1 Å². The largest absolute Gasteiger partial charge is 0.453 e. The Morgan fingerprint density at radius 3 is 2.21 bits per heavy atom. The molecule has 0 spiro atoms. The van der Waals surface area contributed by atoms with Gasteiger partial charge in [-0.2, -0.15) is 13.2 Å². The van der Waals surface area contributed by atoms with E-state index in [1.807, 2.05) is 0 Å². The molecule has 1 aliphatic rings. The second-order valence-electron chi connectivity index (χ2n) is 11.6. The molecule has 2 N–H and O–H groups in total. The highest BCUT2D eigenvalue weighted by atomic mass is 19.4. The molecule has 2 aromatic rings. The number of ether oxygens (including phenoxy) is 1. The van der Waals surface area contributed by atoms with Crippen LogP contribution in [0.3, 0.4) is 0 Å². The highest BCUT2D eigenvalue weighted by Gasteiger charge is 2.41. The van der Waals surface area contributed by atoms with Gasteiger partial charge in [-0.25, -0.2) is 4.79 Å². The Labute approximate surface area is 247 Å². The van der Waals surface area contributed by atoms with Crippen molar-refractivity contribution in [3.63, 3.8) is 0 Å². The lowest BCUT2D eigenvalue weighted by atomic mass is 9.88. The van der Waals surface area contributed by atoms with Gasteiger partial charge in [0.1, 0.15) is 12.1 Å². The number of Topliss-reactive ketones (excluding diaryl/α,β-unsaturated/α-hetero) is 1. The minimum atomic E-state index is -4.55. The summed E-state index contributed by atoms with van der Waals surface area (Å²) in [5.41, 5.74) is -1.84. The Kier molecular flexibility index (Phi) is 10.2. The minimum absolute atomic E-state index is 0.0534. The number of rotatable bonds is 10. The van der Waals surface area contributed by atoms with Gasteiger partial charge in [0.2, 0.25) is 23.5 Å². The predicted molar refractivity (Wildman–Crippen MR) is 146 cm³/mol. The molecule has 3 atom stereocenters. The van der Waals surface area contributed by atoms with Crippen molar-refractivity contribution in [1.29, 1.82) is 0 Å². The molecule has 0 unspecified atom stereocenters. The summed E-state index contributed by atoms with van der Waals surface area (Å²) in [5.74, 6) is -2.79. The number of ketones is 1. The van der Waals surface area contributed by atoms with Crippen LogP contribution in [0.25, 0.3) is 0 Å².